The van der Waals surface area contributed by atoms with E-state index < -0.39 is 0 Å². The molecule has 0 radical (unpaired) electrons. The van der Waals surface area contributed by atoms with E-state index in [0.29, 0.717) is 12.3 Å². The largest absolute Gasteiger partial charge is 0.469 e. The van der Waals surface area contributed by atoms with Gasteiger partial charge in [0.05, 0.1) is 7.11 Å². The topological polar surface area (TPSA) is 38.3 Å². The van der Waals surface area contributed by atoms with E-state index in [1.54, 1.807) is 0 Å². The Bertz CT molecular complexity index is 126. The third-order valence-corrected chi connectivity index (χ3v) is 1.81. The lowest BCUT2D eigenvalue weighted by Gasteiger charge is -2.09. The molecule has 1 atom stereocenters. The number of carbonyl (C=O) groups is 1. The minimum atomic E-state index is -0.112. The zero-order chi connectivity index (χ0) is 9.40. The zero-order valence-corrected chi connectivity index (χ0v) is 8.22. The molecule has 1 unspecified atom stereocenters. The minimum Gasteiger partial charge on any atom is -0.469 e. The average molecular weight is 173 g/mol. The first kappa shape index (κ1) is 11.4. The summed E-state index contributed by atoms with van der Waals surface area (Å²) in [6.45, 7) is 6.11. The quantitative estimate of drug-likeness (QED) is 0.484. The fourth-order valence-electron chi connectivity index (χ4n) is 0.995. The van der Waals surface area contributed by atoms with E-state index in [4.69, 9.17) is 0 Å². The fraction of sp³-hybridized carbons (Fsp3) is 0.889. The molecule has 1 N–H and O–H groups in total. The Morgan fingerprint density at radius 3 is 2.75 bits per heavy atom. The van der Waals surface area contributed by atoms with Crippen molar-refractivity contribution in [3.63, 3.8) is 0 Å². The Balaban J connectivity index is 3.32. The summed E-state index contributed by atoms with van der Waals surface area (Å²) in [7, 11) is 1.43. The molecule has 72 valence electrons. The second-order valence-corrected chi connectivity index (χ2v) is 3.03. The van der Waals surface area contributed by atoms with Crippen molar-refractivity contribution in [2.75, 3.05) is 20.2 Å². The van der Waals surface area contributed by atoms with E-state index in [9.17, 15) is 4.79 Å². The van der Waals surface area contributed by atoms with Crippen LogP contribution in [0.4, 0.5) is 0 Å². The molecule has 0 saturated heterocycles. The predicted molar refractivity (Wildman–Crippen MR) is 49.0 cm³/mol. The number of esters is 1. The van der Waals surface area contributed by atoms with Crippen molar-refractivity contribution in [3.8, 4) is 0 Å². The van der Waals surface area contributed by atoms with Crippen LogP contribution in [0.5, 0.6) is 0 Å². The van der Waals surface area contributed by atoms with Crippen LogP contribution in [0.15, 0.2) is 0 Å². The van der Waals surface area contributed by atoms with Crippen molar-refractivity contribution in [1.29, 1.82) is 0 Å². The van der Waals surface area contributed by atoms with Crippen LogP contribution in [0.3, 0.4) is 0 Å². The van der Waals surface area contributed by atoms with E-state index in [-0.39, 0.29) is 5.97 Å². The maximum absolute atomic E-state index is 10.8. The molecule has 0 spiro atoms. The number of hydrogen-bond acceptors (Lipinski definition) is 3. The van der Waals surface area contributed by atoms with Gasteiger partial charge in [-0.2, -0.15) is 0 Å². The highest BCUT2D eigenvalue weighted by Gasteiger charge is 2.07. The van der Waals surface area contributed by atoms with Crippen LogP contribution in [0.1, 0.15) is 26.7 Å². The van der Waals surface area contributed by atoms with Gasteiger partial charge in [0.25, 0.3) is 0 Å². The van der Waals surface area contributed by atoms with E-state index in [2.05, 4.69) is 23.9 Å². The van der Waals surface area contributed by atoms with Crippen LogP contribution in [0.2, 0.25) is 0 Å². The molecule has 0 aromatic carbocycles. The lowest BCUT2D eigenvalue weighted by molar-refractivity contribution is -0.141. The van der Waals surface area contributed by atoms with E-state index in [0.717, 1.165) is 19.5 Å². The fourth-order valence-corrected chi connectivity index (χ4v) is 0.995. The van der Waals surface area contributed by atoms with Crippen molar-refractivity contribution in [3.05, 3.63) is 0 Å². The Morgan fingerprint density at radius 1 is 1.58 bits per heavy atom. The molecule has 0 amide bonds. The third kappa shape index (κ3) is 6.16. The van der Waals surface area contributed by atoms with Gasteiger partial charge in [-0.05, 0) is 25.4 Å². The lowest BCUT2D eigenvalue weighted by atomic mass is 10.0. The normalized spacial score (nSPS) is 12.6. The first-order chi connectivity index (χ1) is 5.70. The molecule has 0 aromatic heterocycles. The number of carbonyl (C=O) groups excluding carboxylic acids is 1. The molecule has 0 aliphatic carbocycles. The molecular weight excluding hydrogens is 154 g/mol. The molecule has 0 fully saturated rings. The summed E-state index contributed by atoms with van der Waals surface area (Å²) in [5, 5.41) is 3.22. The minimum absolute atomic E-state index is 0.112. The van der Waals surface area contributed by atoms with E-state index >= 15 is 0 Å². The molecular formula is C9H19NO2. The van der Waals surface area contributed by atoms with E-state index in [1.165, 1.54) is 7.11 Å². The summed E-state index contributed by atoms with van der Waals surface area (Å²) >= 11 is 0. The predicted octanol–water partition coefficient (Wildman–Crippen LogP) is 1.19. The average Bonchev–Trinajstić information content (AvgIpc) is 2.05. The summed E-state index contributed by atoms with van der Waals surface area (Å²) in [6.07, 6.45) is 1.56. The van der Waals surface area contributed by atoms with Crippen LogP contribution < -0.4 is 5.32 Å². The van der Waals surface area contributed by atoms with Gasteiger partial charge in [-0.3, -0.25) is 4.79 Å². The SMILES string of the molecule is CCNCCC(C)CC(=O)OC. The molecule has 0 aromatic rings. The molecule has 0 aliphatic heterocycles. The lowest BCUT2D eigenvalue weighted by Crippen LogP contribution is -2.18. The van der Waals surface area contributed by atoms with E-state index in [1.807, 2.05) is 0 Å². The molecule has 3 nitrogen and oxygen atoms in total. The Hall–Kier alpha value is -0.570. The molecule has 3 heteroatoms. The number of nitrogens with one attached hydrogen (secondary N) is 1. The standard InChI is InChI=1S/C9H19NO2/c1-4-10-6-5-8(2)7-9(11)12-3/h8,10H,4-7H2,1-3H3. The van der Waals surface area contributed by atoms with Gasteiger partial charge in [0.15, 0.2) is 0 Å². The van der Waals surface area contributed by atoms with Gasteiger partial charge in [0.1, 0.15) is 0 Å². The Kier molecular flexibility index (Phi) is 6.76. The van der Waals surface area contributed by atoms with Gasteiger partial charge in [-0.25, -0.2) is 0 Å². The Morgan fingerprint density at radius 2 is 2.25 bits per heavy atom. The summed E-state index contributed by atoms with van der Waals surface area (Å²) in [4.78, 5) is 10.8. The van der Waals surface area contributed by atoms with Gasteiger partial charge in [-0.15, -0.1) is 0 Å². The number of hydrogen-bond donors (Lipinski definition) is 1. The van der Waals surface area contributed by atoms with Gasteiger partial charge >= 0.3 is 5.97 Å². The second kappa shape index (κ2) is 7.10. The molecule has 0 heterocycles. The summed E-state index contributed by atoms with van der Waals surface area (Å²) in [5.74, 6) is 0.301. The highest BCUT2D eigenvalue weighted by Crippen LogP contribution is 2.06. The number of ether oxygens (including phenoxy) is 1. The van der Waals surface area contributed by atoms with Crippen LogP contribution in [0, 0.1) is 5.92 Å². The monoisotopic (exact) mass is 173 g/mol. The van der Waals surface area contributed by atoms with Gasteiger partial charge in [-0.1, -0.05) is 13.8 Å². The highest BCUT2D eigenvalue weighted by molar-refractivity contribution is 5.69. The first-order valence-electron chi connectivity index (χ1n) is 4.48. The van der Waals surface area contributed by atoms with Crippen LogP contribution in [0.25, 0.3) is 0 Å². The van der Waals surface area contributed by atoms with Crippen molar-refractivity contribution < 1.29 is 9.53 Å². The second-order valence-electron chi connectivity index (χ2n) is 3.03. The third-order valence-electron chi connectivity index (χ3n) is 1.81. The molecule has 0 rings (SSSR count). The van der Waals surface area contributed by atoms with Crippen molar-refractivity contribution in [2.45, 2.75) is 26.7 Å². The smallest absolute Gasteiger partial charge is 0.305 e. The zero-order valence-electron chi connectivity index (χ0n) is 8.22. The van der Waals surface area contributed by atoms with Crippen molar-refractivity contribution in [1.82, 2.24) is 5.32 Å². The molecule has 0 saturated carbocycles. The summed E-state index contributed by atoms with van der Waals surface area (Å²) in [6, 6.07) is 0. The van der Waals surface area contributed by atoms with Crippen LogP contribution in [-0.4, -0.2) is 26.2 Å². The van der Waals surface area contributed by atoms with Crippen molar-refractivity contribution in [2.24, 2.45) is 5.92 Å². The van der Waals surface area contributed by atoms with Crippen molar-refractivity contribution >= 4 is 5.97 Å². The number of methoxy groups -OCH3 is 1. The summed E-state index contributed by atoms with van der Waals surface area (Å²) in [5.41, 5.74) is 0. The molecule has 0 aliphatic rings. The Labute approximate surface area is 74.5 Å². The van der Waals surface area contributed by atoms with Crippen LogP contribution in [-0.2, 0) is 9.53 Å². The van der Waals surface area contributed by atoms with Gasteiger partial charge in [0, 0.05) is 6.42 Å². The maximum Gasteiger partial charge on any atom is 0.305 e. The highest BCUT2D eigenvalue weighted by atomic mass is 16.5. The first-order valence-corrected chi connectivity index (χ1v) is 4.48. The maximum atomic E-state index is 10.8. The van der Waals surface area contributed by atoms with Crippen LogP contribution >= 0.6 is 0 Å². The van der Waals surface area contributed by atoms with Gasteiger partial charge in [0.2, 0.25) is 0 Å². The molecule has 0 bridgehead atoms. The number of rotatable bonds is 6. The van der Waals surface area contributed by atoms with Gasteiger partial charge < -0.3 is 10.1 Å². The summed E-state index contributed by atoms with van der Waals surface area (Å²) < 4.78 is 4.57. The molecule has 12 heavy (non-hydrogen) atoms.